The number of rotatable bonds is 10. The quantitative estimate of drug-likeness (QED) is 0.259. The molecule has 0 atom stereocenters. The smallest absolute Gasteiger partial charge is 0.410 e. The molecule has 0 aromatic carbocycles. The fourth-order valence-electron chi connectivity index (χ4n) is 5.36. The van der Waals surface area contributed by atoms with Crippen LogP contribution in [0.1, 0.15) is 113 Å². The number of amides is 2. The molecule has 38 heavy (non-hydrogen) atoms. The standard InChI is InChI=1S/C29H45N3O6/c1-4-5-17-30-28(36)38-20-37-27(35)29(2,3)31-25(33)23-18-22-15-11-6-7-12-16-24(22)32(26(23)34)19-21-13-9-8-10-14-21/h18,21H,4-17,19-20H2,1-3H3,(H,30,36)(H,31,33). The zero-order valence-corrected chi connectivity index (χ0v) is 23.4. The molecule has 9 nitrogen and oxygen atoms in total. The number of hydrogen-bond donors (Lipinski definition) is 2. The summed E-state index contributed by atoms with van der Waals surface area (Å²) >= 11 is 0. The van der Waals surface area contributed by atoms with Crippen molar-refractivity contribution >= 4 is 18.0 Å². The number of aromatic nitrogens is 1. The number of ether oxygens (including phenoxy) is 2. The van der Waals surface area contributed by atoms with Crippen molar-refractivity contribution in [1.82, 2.24) is 15.2 Å². The van der Waals surface area contributed by atoms with Gasteiger partial charge in [-0.2, -0.15) is 0 Å². The largest absolute Gasteiger partial charge is 0.426 e. The van der Waals surface area contributed by atoms with Crippen molar-refractivity contribution in [2.24, 2.45) is 5.92 Å². The van der Waals surface area contributed by atoms with E-state index in [0.29, 0.717) is 19.0 Å². The molecule has 0 bridgehead atoms. The topological polar surface area (TPSA) is 116 Å². The number of carbonyl (C=O) groups excluding carboxylic acids is 3. The number of fused-ring (bicyclic) bond motifs is 1. The van der Waals surface area contributed by atoms with Crippen LogP contribution in [-0.4, -0.2) is 41.4 Å². The monoisotopic (exact) mass is 531 g/mol. The Kier molecular flexibility index (Phi) is 11.2. The van der Waals surface area contributed by atoms with Crippen LogP contribution < -0.4 is 16.2 Å². The van der Waals surface area contributed by atoms with E-state index in [1.54, 1.807) is 6.07 Å². The van der Waals surface area contributed by atoms with Crippen molar-refractivity contribution in [3.63, 3.8) is 0 Å². The van der Waals surface area contributed by atoms with Gasteiger partial charge in [-0.1, -0.05) is 45.4 Å². The van der Waals surface area contributed by atoms with Gasteiger partial charge in [0.25, 0.3) is 11.5 Å². The Bertz CT molecular complexity index is 1030. The second kappa shape index (κ2) is 14.4. The van der Waals surface area contributed by atoms with Crippen LogP contribution in [0.3, 0.4) is 0 Å². The first-order valence-corrected chi connectivity index (χ1v) is 14.4. The summed E-state index contributed by atoms with van der Waals surface area (Å²) in [5.41, 5.74) is 0.485. The van der Waals surface area contributed by atoms with Gasteiger partial charge in [-0.15, -0.1) is 0 Å². The lowest BCUT2D eigenvalue weighted by atomic mass is 9.88. The minimum Gasteiger partial charge on any atom is -0.426 e. The van der Waals surface area contributed by atoms with E-state index in [-0.39, 0.29) is 11.1 Å². The molecule has 9 heteroatoms. The summed E-state index contributed by atoms with van der Waals surface area (Å²) in [7, 11) is 0. The molecule has 1 aromatic heterocycles. The van der Waals surface area contributed by atoms with Crippen molar-refractivity contribution in [2.45, 2.75) is 116 Å². The number of alkyl carbamates (subject to hydrolysis) is 1. The van der Waals surface area contributed by atoms with Crippen molar-refractivity contribution in [3.8, 4) is 0 Å². The van der Waals surface area contributed by atoms with E-state index in [1.165, 1.54) is 33.1 Å². The minimum absolute atomic E-state index is 0.0626. The summed E-state index contributed by atoms with van der Waals surface area (Å²) in [5.74, 6) is -0.918. The van der Waals surface area contributed by atoms with Gasteiger partial charge in [-0.3, -0.25) is 9.59 Å². The van der Waals surface area contributed by atoms with Gasteiger partial charge in [0.2, 0.25) is 6.79 Å². The number of carbonyl (C=O) groups is 3. The molecule has 2 aliphatic rings. The summed E-state index contributed by atoms with van der Waals surface area (Å²) in [4.78, 5) is 51.4. The normalized spacial score (nSPS) is 16.5. The van der Waals surface area contributed by atoms with Gasteiger partial charge < -0.3 is 24.7 Å². The third-order valence-corrected chi connectivity index (χ3v) is 7.63. The summed E-state index contributed by atoms with van der Waals surface area (Å²) in [5, 5.41) is 5.24. The van der Waals surface area contributed by atoms with Gasteiger partial charge in [0.15, 0.2) is 0 Å². The number of esters is 1. The van der Waals surface area contributed by atoms with Crippen molar-refractivity contribution in [2.75, 3.05) is 13.3 Å². The van der Waals surface area contributed by atoms with Crippen LogP contribution in [0, 0.1) is 5.92 Å². The van der Waals surface area contributed by atoms with Gasteiger partial charge >= 0.3 is 12.1 Å². The average Bonchev–Trinajstić information content (AvgIpc) is 2.87. The summed E-state index contributed by atoms with van der Waals surface area (Å²) < 4.78 is 11.8. The first-order chi connectivity index (χ1) is 18.2. The molecule has 2 aliphatic carbocycles. The third kappa shape index (κ3) is 8.33. The van der Waals surface area contributed by atoms with E-state index in [1.807, 2.05) is 11.5 Å². The molecule has 212 valence electrons. The van der Waals surface area contributed by atoms with Crippen molar-refractivity contribution < 1.29 is 23.9 Å². The molecule has 1 aromatic rings. The van der Waals surface area contributed by atoms with Gasteiger partial charge in [0, 0.05) is 18.8 Å². The highest BCUT2D eigenvalue weighted by atomic mass is 16.7. The fourth-order valence-corrected chi connectivity index (χ4v) is 5.36. The van der Waals surface area contributed by atoms with Gasteiger partial charge in [-0.25, -0.2) is 9.59 Å². The Balaban J connectivity index is 1.73. The summed E-state index contributed by atoms with van der Waals surface area (Å²) in [6.07, 6.45) is 12.9. The second-order valence-electron chi connectivity index (χ2n) is 11.2. The van der Waals surface area contributed by atoms with Crippen LogP contribution in [0.4, 0.5) is 4.79 Å². The maximum atomic E-state index is 13.7. The Morgan fingerprint density at radius 1 is 1.00 bits per heavy atom. The Morgan fingerprint density at radius 3 is 2.39 bits per heavy atom. The first kappa shape index (κ1) is 29.7. The van der Waals surface area contributed by atoms with Gasteiger partial charge in [0.1, 0.15) is 11.1 Å². The Labute approximate surface area is 226 Å². The number of nitrogens with zero attached hydrogens (tertiary/aromatic N) is 1. The lowest BCUT2D eigenvalue weighted by Gasteiger charge is -2.27. The molecule has 0 radical (unpaired) electrons. The van der Waals surface area contributed by atoms with Crippen LogP contribution in [0.15, 0.2) is 10.9 Å². The van der Waals surface area contributed by atoms with E-state index in [4.69, 9.17) is 9.47 Å². The lowest BCUT2D eigenvalue weighted by Crippen LogP contribution is -2.52. The molecule has 3 rings (SSSR count). The van der Waals surface area contributed by atoms with Crippen LogP contribution in [-0.2, 0) is 33.7 Å². The fraction of sp³-hybridized carbons (Fsp3) is 0.724. The van der Waals surface area contributed by atoms with E-state index in [9.17, 15) is 19.2 Å². The number of nitrogens with one attached hydrogen (secondary N) is 2. The number of hydrogen-bond acceptors (Lipinski definition) is 6. The molecular formula is C29H45N3O6. The number of pyridine rings is 1. The van der Waals surface area contributed by atoms with E-state index >= 15 is 0 Å². The molecule has 0 aliphatic heterocycles. The number of unbranched alkanes of at least 4 members (excludes halogenated alkanes) is 1. The third-order valence-electron chi connectivity index (χ3n) is 7.63. The summed E-state index contributed by atoms with van der Waals surface area (Å²) in [6, 6.07) is 1.74. The minimum atomic E-state index is -1.43. The predicted molar refractivity (Wildman–Crippen MR) is 145 cm³/mol. The highest BCUT2D eigenvalue weighted by Crippen LogP contribution is 2.27. The van der Waals surface area contributed by atoms with Crippen LogP contribution >= 0.6 is 0 Å². The molecule has 2 amide bonds. The van der Waals surface area contributed by atoms with Crippen molar-refractivity contribution in [3.05, 3.63) is 33.2 Å². The molecule has 0 spiro atoms. The highest BCUT2D eigenvalue weighted by molar-refractivity contribution is 5.97. The maximum absolute atomic E-state index is 13.7. The zero-order valence-electron chi connectivity index (χ0n) is 23.4. The molecule has 1 saturated carbocycles. The summed E-state index contributed by atoms with van der Waals surface area (Å²) in [6.45, 7) is 5.56. The van der Waals surface area contributed by atoms with Crippen LogP contribution in [0.2, 0.25) is 0 Å². The first-order valence-electron chi connectivity index (χ1n) is 14.4. The van der Waals surface area contributed by atoms with Crippen LogP contribution in [0.25, 0.3) is 0 Å². The Morgan fingerprint density at radius 2 is 1.68 bits per heavy atom. The van der Waals surface area contributed by atoms with E-state index in [2.05, 4.69) is 10.6 Å². The van der Waals surface area contributed by atoms with Gasteiger partial charge in [0.05, 0.1) is 0 Å². The molecule has 0 saturated heterocycles. The zero-order chi connectivity index (χ0) is 27.5. The van der Waals surface area contributed by atoms with E-state index < -0.39 is 30.3 Å². The molecule has 2 N–H and O–H groups in total. The van der Waals surface area contributed by atoms with E-state index in [0.717, 1.165) is 75.5 Å². The average molecular weight is 532 g/mol. The molecule has 1 fully saturated rings. The maximum Gasteiger partial charge on any atom is 0.410 e. The predicted octanol–water partition coefficient (Wildman–Crippen LogP) is 4.62. The van der Waals surface area contributed by atoms with Gasteiger partial charge in [-0.05, 0) is 76.3 Å². The highest BCUT2D eigenvalue weighted by Gasteiger charge is 2.33. The lowest BCUT2D eigenvalue weighted by molar-refractivity contribution is -0.158. The molecule has 0 unspecified atom stereocenters. The van der Waals surface area contributed by atoms with Crippen molar-refractivity contribution in [1.29, 1.82) is 0 Å². The Hall–Kier alpha value is -2.84. The number of aryl methyl sites for hydroxylation is 1. The molecule has 1 heterocycles. The second-order valence-corrected chi connectivity index (χ2v) is 11.2. The molecular weight excluding hydrogens is 486 g/mol. The van der Waals surface area contributed by atoms with Crippen LogP contribution in [0.5, 0.6) is 0 Å². The SMILES string of the molecule is CCCCNC(=O)OCOC(=O)C(C)(C)NC(=O)c1cc2c(n(CC3CCCCC3)c1=O)CCCCCC2.